The summed E-state index contributed by atoms with van der Waals surface area (Å²) in [7, 11) is 0. The summed E-state index contributed by atoms with van der Waals surface area (Å²) >= 11 is 0. The first kappa shape index (κ1) is 12.4. The zero-order valence-electron chi connectivity index (χ0n) is 11.0. The van der Waals surface area contributed by atoms with Crippen LogP contribution in [0.25, 0.3) is 0 Å². The minimum Gasteiger partial charge on any atom is -0.312 e. The summed E-state index contributed by atoms with van der Waals surface area (Å²) in [4.78, 5) is 2.74. The van der Waals surface area contributed by atoms with E-state index in [4.69, 9.17) is 0 Å². The molecule has 1 saturated heterocycles. The number of rotatable bonds is 5. The van der Waals surface area contributed by atoms with Crippen molar-refractivity contribution >= 4 is 0 Å². The van der Waals surface area contributed by atoms with Crippen LogP contribution in [0.2, 0.25) is 0 Å². The van der Waals surface area contributed by atoms with Crippen LogP contribution < -0.4 is 5.32 Å². The van der Waals surface area contributed by atoms with E-state index < -0.39 is 0 Å². The Kier molecular flexibility index (Phi) is 4.66. The minimum absolute atomic E-state index is 0.783. The van der Waals surface area contributed by atoms with Crippen molar-refractivity contribution < 1.29 is 0 Å². The van der Waals surface area contributed by atoms with Gasteiger partial charge in [-0.15, -0.1) is 0 Å². The normalized spacial score (nSPS) is 30.0. The monoisotopic (exact) mass is 224 g/mol. The number of hydrogen-bond donors (Lipinski definition) is 1. The van der Waals surface area contributed by atoms with Gasteiger partial charge in [-0.3, -0.25) is 4.90 Å². The molecule has 0 spiro atoms. The molecule has 2 rings (SSSR count). The van der Waals surface area contributed by atoms with Crippen molar-refractivity contribution in [3.63, 3.8) is 0 Å². The lowest BCUT2D eigenvalue weighted by Gasteiger charge is -2.30. The SMILES string of the molecule is CCC(CNC1CC1)N1CCCC(C)CC1. The average Bonchev–Trinajstić information content (AvgIpc) is 3.08. The third kappa shape index (κ3) is 3.74. The third-order valence-corrected chi connectivity index (χ3v) is 4.26. The smallest absolute Gasteiger partial charge is 0.0218 e. The molecule has 2 nitrogen and oxygen atoms in total. The van der Waals surface area contributed by atoms with Crippen LogP contribution in [0.3, 0.4) is 0 Å². The fourth-order valence-corrected chi connectivity index (χ4v) is 2.77. The molecule has 2 heteroatoms. The predicted molar refractivity (Wildman–Crippen MR) is 69.7 cm³/mol. The maximum Gasteiger partial charge on any atom is 0.0218 e. The molecule has 94 valence electrons. The first-order chi connectivity index (χ1) is 7.79. The molecule has 2 unspecified atom stereocenters. The molecule has 1 saturated carbocycles. The Labute approximate surface area is 101 Å². The molecule has 1 N–H and O–H groups in total. The standard InChI is InChI=1S/C14H28N2/c1-3-14(11-15-13-6-7-13)16-9-4-5-12(2)8-10-16/h12-15H,3-11H2,1-2H3. The summed E-state index contributed by atoms with van der Waals surface area (Å²) in [6.07, 6.45) is 8.36. The van der Waals surface area contributed by atoms with Gasteiger partial charge in [0, 0.05) is 18.6 Å². The van der Waals surface area contributed by atoms with Crippen molar-refractivity contribution in [1.29, 1.82) is 0 Å². The van der Waals surface area contributed by atoms with Crippen molar-refractivity contribution in [3.05, 3.63) is 0 Å². The van der Waals surface area contributed by atoms with Crippen LogP contribution in [0.4, 0.5) is 0 Å². The van der Waals surface area contributed by atoms with E-state index in [0.29, 0.717) is 0 Å². The van der Waals surface area contributed by atoms with E-state index in [-0.39, 0.29) is 0 Å². The van der Waals surface area contributed by atoms with Gasteiger partial charge in [0.25, 0.3) is 0 Å². The van der Waals surface area contributed by atoms with E-state index in [1.165, 1.54) is 58.2 Å². The highest BCUT2D eigenvalue weighted by Gasteiger charge is 2.24. The van der Waals surface area contributed by atoms with Crippen LogP contribution >= 0.6 is 0 Å². The van der Waals surface area contributed by atoms with Gasteiger partial charge in [0.1, 0.15) is 0 Å². The molecule has 0 amide bonds. The molecular formula is C14H28N2. The zero-order valence-corrected chi connectivity index (χ0v) is 11.0. The van der Waals surface area contributed by atoms with Gasteiger partial charge < -0.3 is 5.32 Å². The van der Waals surface area contributed by atoms with Crippen molar-refractivity contribution in [2.45, 2.75) is 64.5 Å². The van der Waals surface area contributed by atoms with Gasteiger partial charge in [-0.2, -0.15) is 0 Å². The van der Waals surface area contributed by atoms with E-state index in [1.807, 2.05) is 0 Å². The maximum atomic E-state index is 3.69. The first-order valence-corrected chi connectivity index (χ1v) is 7.27. The van der Waals surface area contributed by atoms with Gasteiger partial charge in [-0.1, -0.05) is 13.8 Å². The number of nitrogens with one attached hydrogen (secondary N) is 1. The lowest BCUT2D eigenvalue weighted by atomic mass is 10.0. The quantitative estimate of drug-likeness (QED) is 0.772. The number of nitrogens with zero attached hydrogens (tertiary/aromatic N) is 1. The molecule has 1 aliphatic heterocycles. The molecular weight excluding hydrogens is 196 g/mol. The van der Waals surface area contributed by atoms with E-state index >= 15 is 0 Å². The van der Waals surface area contributed by atoms with Gasteiger partial charge >= 0.3 is 0 Å². The first-order valence-electron chi connectivity index (χ1n) is 7.27. The van der Waals surface area contributed by atoms with Crippen LogP contribution in [-0.4, -0.2) is 36.6 Å². The maximum absolute atomic E-state index is 3.69. The summed E-state index contributed by atoms with van der Waals surface area (Å²) in [5.41, 5.74) is 0. The second-order valence-electron chi connectivity index (χ2n) is 5.82. The fourth-order valence-electron chi connectivity index (χ4n) is 2.77. The van der Waals surface area contributed by atoms with Gasteiger partial charge in [0.15, 0.2) is 0 Å². The molecule has 0 bridgehead atoms. The molecule has 0 radical (unpaired) electrons. The van der Waals surface area contributed by atoms with Gasteiger partial charge in [-0.25, -0.2) is 0 Å². The number of likely N-dealkylation sites (tertiary alicyclic amines) is 1. The number of hydrogen-bond acceptors (Lipinski definition) is 2. The van der Waals surface area contributed by atoms with Crippen LogP contribution in [0.1, 0.15) is 52.4 Å². The van der Waals surface area contributed by atoms with Crippen LogP contribution in [0.15, 0.2) is 0 Å². The fraction of sp³-hybridized carbons (Fsp3) is 1.00. The van der Waals surface area contributed by atoms with E-state index in [1.54, 1.807) is 0 Å². The summed E-state index contributed by atoms with van der Waals surface area (Å²) in [6, 6.07) is 1.64. The molecule has 0 aromatic rings. The van der Waals surface area contributed by atoms with E-state index in [0.717, 1.165) is 18.0 Å². The Bertz CT molecular complexity index is 201. The van der Waals surface area contributed by atoms with Crippen molar-refractivity contribution in [2.24, 2.45) is 5.92 Å². The third-order valence-electron chi connectivity index (χ3n) is 4.26. The zero-order chi connectivity index (χ0) is 11.4. The summed E-state index contributed by atoms with van der Waals surface area (Å²) in [5.74, 6) is 0.943. The van der Waals surface area contributed by atoms with Gasteiger partial charge in [0.05, 0.1) is 0 Å². The van der Waals surface area contributed by atoms with E-state index in [2.05, 4.69) is 24.1 Å². The Morgan fingerprint density at radius 3 is 2.69 bits per heavy atom. The lowest BCUT2D eigenvalue weighted by Crippen LogP contribution is -2.43. The Morgan fingerprint density at radius 1 is 1.19 bits per heavy atom. The molecule has 1 aliphatic carbocycles. The largest absolute Gasteiger partial charge is 0.312 e. The van der Waals surface area contributed by atoms with Gasteiger partial charge in [0.2, 0.25) is 0 Å². The second kappa shape index (κ2) is 6.02. The lowest BCUT2D eigenvalue weighted by molar-refractivity contribution is 0.191. The highest BCUT2D eigenvalue weighted by molar-refractivity contribution is 4.84. The Hall–Kier alpha value is -0.0800. The Balaban J connectivity index is 1.76. The Morgan fingerprint density at radius 2 is 2.00 bits per heavy atom. The van der Waals surface area contributed by atoms with Crippen LogP contribution in [0.5, 0.6) is 0 Å². The molecule has 0 aromatic carbocycles. The molecule has 16 heavy (non-hydrogen) atoms. The summed E-state index contributed by atoms with van der Waals surface area (Å²) in [5, 5.41) is 3.69. The molecule has 2 atom stereocenters. The molecule has 2 aliphatic rings. The van der Waals surface area contributed by atoms with Gasteiger partial charge in [-0.05, 0) is 57.5 Å². The summed E-state index contributed by atoms with van der Waals surface area (Å²) in [6.45, 7) is 8.62. The van der Waals surface area contributed by atoms with E-state index in [9.17, 15) is 0 Å². The predicted octanol–water partition coefficient (Wildman–Crippen LogP) is 2.64. The van der Waals surface area contributed by atoms with Crippen LogP contribution in [-0.2, 0) is 0 Å². The average molecular weight is 224 g/mol. The highest BCUT2D eigenvalue weighted by atomic mass is 15.2. The highest BCUT2D eigenvalue weighted by Crippen LogP contribution is 2.21. The van der Waals surface area contributed by atoms with Crippen molar-refractivity contribution in [1.82, 2.24) is 10.2 Å². The minimum atomic E-state index is 0.783. The molecule has 2 fully saturated rings. The molecule has 1 heterocycles. The molecule has 0 aromatic heterocycles. The van der Waals surface area contributed by atoms with Crippen LogP contribution in [0, 0.1) is 5.92 Å². The van der Waals surface area contributed by atoms with Crippen molar-refractivity contribution in [2.75, 3.05) is 19.6 Å². The second-order valence-corrected chi connectivity index (χ2v) is 5.82. The topological polar surface area (TPSA) is 15.3 Å². The van der Waals surface area contributed by atoms with Crippen molar-refractivity contribution in [3.8, 4) is 0 Å². The summed E-state index contributed by atoms with van der Waals surface area (Å²) < 4.78 is 0.